The highest BCUT2D eigenvalue weighted by Crippen LogP contribution is 2.29. The molecular formula is C18H20N6O. The minimum atomic E-state index is 0.142. The van der Waals surface area contributed by atoms with E-state index in [1.807, 2.05) is 40.8 Å². The minimum Gasteiger partial charge on any atom is -0.338 e. The molecule has 25 heavy (non-hydrogen) atoms. The lowest BCUT2D eigenvalue weighted by molar-refractivity contribution is -0.130. The van der Waals surface area contributed by atoms with Gasteiger partial charge in [-0.05, 0) is 30.5 Å². The molecule has 0 aliphatic heterocycles. The van der Waals surface area contributed by atoms with E-state index in [4.69, 9.17) is 0 Å². The summed E-state index contributed by atoms with van der Waals surface area (Å²) in [6, 6.07) is 8.50. The number of aromatic nitrogens is 4. The third-order valence-corrected chi connectivity index (χ3v) is 4.46. The first-order valence-corrected chi connectivity index (χ1v) is 8.37. The van der Waals surface area contributed by atoms with E-state index in [0.717, 1.165) is 35.3 Å². The number of fused-ring (bicyclic) bond motifs is 1. The van der Waals surface area contributed by atoms with Gasteiger partial charge < -0.3 is 14.8 Å². The number of imidazole rings is 1. The predicted octanol–water partition coefficient (Wildman–Crippen LogP) is 2.62. The van der Waals surface area contributed by atoms with Crippen LogP contribution in [0.4, 0.5) is 11.5 Å². The molecule has 3 aromatic rings. The second-order valence-corrected chi connectivity index (χ2v) is 6.45. The first-order valence-electron chi connectivity index (χ1n) is 8.37. The summed E-state index contributed by atoms with van der Waals surface area (Å²) in [5, 5.41) is 3.29. The number of nitrogens with zero attached hydrogens (tertiary/aromatic N) is 5. The Hall–Kier alpha value is -2.96. The number of carbonyl (C=O) groups excluding carboxylic acids is 1. The summed E-state index contributed by atoms with van der Waals surface area (Å²) in [7, 11) is 1.90. The van der Waals surface area contributed by atoms with Crippen LogP contribution in [0.2, 0.25) is 0 Å². The molecule has 1 N–H and O–H groups in total. The Bertz CT molecular complexity index is 913. The first kappa shape index (κ1) is 15.6. The van der Waals surface area contributed by atoms with E-state index in [0.29, 0.717) is 18.4 Å². The summed E-state index contributed by atoms with van der Waals surface area (Å²) in [6.45, 7) is 2.31. The fraction of sp³-hybridized carbons (Fsp3) is 0.333. The molecule has 1 saturated carbocycles. The van der Waals surface area contributed by atoms with Gasteiger partial charge in [-0.25, -0.2) is 15.0 Å². The Balaban J connectivity index is 1.51. The second kappa shape index (κ2) is 6.16. The summed E-state index contributed by atoms with van der Waals surface area (Å²) in [6.07, 6.45) is 5.49. The van der Waals surface area contributed by atoms with Crippen molar-refractivity contribution in [2.45, 2.75) is 32.4 Å². The lowest BCUT2D eigenvalue weighted by Crippen LogP contribution is -2.30. The van der Waals surface area contributed by atoms with Crippen LogP contribution in [0.15, 0.2) is 36.9 Å². The van der Waals surface area contributed by atoms with E-state index in [-0.39, 0.29) is 5.91 Å². The average Bonchev–Trinajstić information content (AvgIpc) is 3.37. The number of benzene rings is 1. The zero-order chi connectivity index (χ0) is 17.4. The molecule has 1 aliphatic carbocycles. The van der Waals surface area contributed by atoms with Crippen LogP contribution in [0.25, 0.3) is 11.2 Å². The number of nitrogens with one attached hydrogen (secondary N) is 1. The summed E-state index contributed by atoms with van der Waals surface area (Å²) < 4.78 is 1.86. The van der Waals surface area contributed by atoms with Crippen molar-refractivity contribution in [2.24, 2.45) is 7.05 Å². The Morgan fingerprint density at radius 2 is 2.00 bits per heavy atom. The van der Waals surface area contributed by atoms with Crippen LogP contribution < -0.4 is 5.32 Å². The third-order valence-electron chi connectivity index (χ3n) is 4.46. The van der Waals surface area contributed by atoms with Crippen LogP contribution in [-0.4, -0.2) is 36.4 Å². The number of hydrogen-bond acceptors (Lipinski definition) is 5. The van der Waals surface area contributed by atoms with Crippen LogP contribution in [-0.2, 0) is 18.4 Å². The lowest BCUT2D eigenvalue weighted by Gasteiger charge is -2.20. The minimum absolute atomic E-state index is 0.142. The molecule has 1 aliphatic rings. The number of hydrogen-bond donors (Lipinski definition) is 1. The van der Waals surface area contributed by atoms with Gasteiger partial charge in [0, 0.05) is 32.2 Å². The molecule has 0 radical (unpaired) electrons. The normalized spacial score (nSPS) is 13.8. The monoisotopic (exact) mass is 336 g/mol. The molecule has 7 nitrogen and oxygen atoms in total. The van der Waals surface area contributed by atoms with Crippen molar-refractivity contribution in [3.8, 4) is 0 Å². The smallest absolute Gasteiger partial charge is 0.219 e. The van der Waals surface area contributed by atoms with Crippen LogP contribution in [0.1, 0.15) is 25.3 Å². The molecule has 1 fully saturated rings. The van der Waals surface area contributed by atoms with Gasteiger partial charge in [-0.3, -0.25) is 4.79 Å². The van der Waals surface area contributed by atoms with Crippen LogP contribution in [0.3, 0.4) is 0 Å². The highest BCUT2D eigenvalue weighted by Gasteiger charge is 2.30. The zero-order valence-electron chi connectivity index (χ0n) is 14.3. The Morgan fingerprint density at radius 1 is 1.24 bits per heavy atom. The van der Waals surface area contributed by atoms with E-state index < -0.39 is 0 Å². The summed E-state index contributed by atoms with van der Waals surface area (Å²) in [5.74, 6) is 0.824. The van der Waals surface area contributed by atoms with Gasteiger partial charge >= 0.3 is 0 Å². The molecule has 1 amide bonds. The maximum Gasteiger partial charge on any atom is 0.219 e. The fourth-order valence-electron chi connectivity index (χ4n) is 2.95. The maximum absolute atomic E-state index is 11.8. The van der Waals surface area contributed by atoms with Gasteiger partial charge in [0.05, 0.1) is 6.33 Å². The van der Waals surface area contributed by atoms with Crippen molar-refractivity contribution in [1.82, 2.24) is 24.4 Å². The Kier molecular flexibility index (Phi) is 3.83. The van der Waals surface area contributed by atoms with E-state index in [1.54, 1.807) is 13.3 Å². The van der Waals surface area contributed by atoms with Gasteiger partial charge in [0.2, 0.25) is 5.91 Å². The van der Waals surface area contributed by atoms with E-state index in [1.165, 1.54) is 6.33 Å². The quantitative estimate of drug-likeness (QED) is 0.775. The molecule has 0 spiro atoms. The molecule has 128 valence electrons. The van der Waals surface area contributed by atoms with Crippen molar-refractivity contribution in [2.75, 3.05) is 5.32 Å². The molecule has 4 rings (SSSR count). The average molecular weight is 336 g/mol. The Labute approximate surface area is 145 Å². The number of amides is 1. The predicted molar refractivity (Wildman–Crippen MR) is 95.3 cm³/mol. The largest absolute Gasteiger partial charge is 0.338 e. The van der Waals surface area contributed by atoms with E-state index >= 15 is 0 Å². The first-order chi connectivity index (χ1) is 12.1. The number of carbonyl (C=O) groups is 1. The zero-order valence-corrected chi connectivity index (χ0v) is 14.3. The number of rotatable bonds is 5. The molecule has 0 saturated heterocycles. The topological polar surface area (TPSA) is 75.9 Å². The van der Waals surface area contributed by atoms with Gasteiger partial charge in [0.25, 0.3) is 0 Å². The van der Waals surface area contributed by atoms with E-state index in [9.17, 15) is 4.79 Å². The molecule has 2 heterocycles. The highest BCUT2D eigenvalue weighted by molar-refractivity contribution is 5.85. The van der Waals surface area contributed by atoms with Gasteiger partial charge in [-0.1, -0.05) is 12.1 Å². The molecule has 0 unspecified atom stereocenters. The van der Waals surface area contributed by atoms with Crippen molar-refractivity contribution in [3.63, 3.8) is 0 Å². The van der Waals surface area contributed by atoms with Crippen LogP contribution >= 0.6 is 0 Å². The van der Waals surface area contributed by atoms with Gasteiger partial charge in [-0.15, -0.1) is 0 Å². The second-order valence-electron chi connectivity index (χ2n) is 6.45. The van der Waals surface area contributed by atoms with Crippen molar-refractivity contribution >= 4 is 28.6 Å². The fourth-order valence-corrected chi connectivity index (χ4v) is 2.95. The van der Waals surface area contributed by atoms with Crippen molar-refractivity contribution in [3.05, 3.63) is 42.5 Å². The SMILES string of the molecule is CC(=O)N(Cc1ccc(Nc2ncnc3c2ncn3C)cc1)C1CC1. The molecule has 1 aromatic carbocycles. The third kappa shape index (κ3) is 3.17. The van der Waals surface area contributed by atoms with Gasteiger partial charge in [0.15, 0.2) is 17.0 Å². The molecule has 0 bridgehead atoms. The molecular weight excluding hydrogens is 316 g/mol. The highest BCUT2D eigenvalue weighted by atomic mass is 16.2. The summed E-state index contributed by atoms with van der Waals surface area (Å²) in [4.78, 5) is 26.6. The van der Waals surface area contributed by atoms with Crippen molar-refractivity contribution < 1.29 is 4.79 Å². The molecule has 7 heteroatoms. The molecule has 0 atom stereocenters. The standard InChI is InChI=1S/C18H20N6O/c1-12(25)24(15-7-8-15)9-13-3-5-14(6-4-13)22-17-16-18(20-10-19-17)23(2)11-21-16/h3-6,10-11,15H,7-9H2,1-2H3,(H,19,20,22). The lowest BCUT2D eigenvalue weighted by atomic mass is 10.2. The number of anilines is 2. The summed E-state index contributed by atoms with van der Waals surface area (Å²) >= 11 is 0. The van der Waals surface area contributed by atoms with E-state index in [2.05, 4.69) is 20.3 Å². The van der Waals surface area contributed by atoms with Gasteiger partial charge in [0.1, 0.15) is 6.33 Å². The van der Waals surface area contributed by atoms with Gasteiger partial charge in [-0.2, -0.15) is 0 Å². The maximum atomic E-state index is 11.8. The summed E-state index contributed by atoms with van der Waals surface area (Å²) in [5.41, 5.74) is 3.58. The Morgan fingerprint density at radius 3 is 2.68 bits per heavy atom. The van der Waals surface area contributed by atoms with Crippen molar-refractivity contribution in [1.29, 1.82) is 0 Å². The van der Waals surface area contributed by atoms with Crippen LogP contribution in [0, 0.1) is 0 Å². The van der Waals surface area contributed by atoms with Crippen LogP contribution in [0.5, 0.6) is 0 Å². The number of aryl methyl sites for hydroxylation is 1. The molecule has 2 aromatic heterocycles.